The minimum Gasteiger partial charge on any atom is -0.461 e. The van der Waals surface area contributed by atoms with Crippen molar-refractivity contribution in [3.8, 4) is 18.1 Å². The van der Waals surface area contributed by atoms with E-state index in [1.807, 2.05) is 4.98 Å². The van der Waals surface area contributed by atoms with Crippen LogP contribution >= 0.6 is 7.75 Å². The van der Waals surface area contributed by atoms with E-state index in [1.54, 1.807) is 18.2 Å². The molecular formula is C26H31FN3O9P. The van der Waals surface area contributed by atoms with E-state index in [0.29, 0.717) is 0 Å². The van der Waals surface area contributed by atoms with Gasteiger partial charge >= 0.3 is 19.4 Å². The number of carbonyl (C=O) groups is 1. The van der Waals surface area contributed by atoms with E-state index in [-0.39, 0.29) is 11.9 Å². The molecule has 0 bridgehead atoms. The number of hydrogen-bond acceptors (Lipinski definition) is 9. The second-order valence-corrected chi connectivity index (χ2v) is 11.4. The molecule has 14 heteroatoms. The van der Waals surface area contributed by atoms with E-state index in [9.17, 15) is 24.1 Å². The van der Waals surface area contributed by atoms with Gasteiger partial charge in [0.2, 0.25) is 0 Å². The molecule has 0 radical (unpaired) electrons. The number of nitrogens with one attached hydrogen (secondary N) is 2. The number of aromatic amines is 1. The molecule has 4 rings (SSSR count). The quantitative estimate of drug-likeness (QED) is 0.217. The Hall–Kier alpha value is -3.27. The number of rotatable bonds is 10. The Morgan fingerprint density at radius 1 is 1.30 bits per heavy atom. The molecule has 2 heterocycles. The largest absolute Gasteiger partial charge is 0.461 e. The maximum atomic E-state index is 16.0. The first kappa shape index (κ1) is 29.7. The highest BCUT2D eigenvalue weighted by atomic mass is 31.2. The van der Waals surface area contributed by atoms with Crippen LogP contribution in [0, 0.1) is 18.3 Å². The second-order valence-electron chi connectivity index (χ2n) is 9.67. The van der Waals surface area contributed by atoms with Crippen molar-refractivity contribution in [2.75, 3.05) is 6.61 Å². The first-order valence-electron chi connectivity index (χ1n) is 12.8. The van der Waals surface area contributed by atoms with Crippen LogP contribution in [0.4, 0.5) is 4.39 Å². The monoisotopic (exact) mass is 579 g/mol. The van der Waals surface area contributed by atoms with Gasteiger partial charge in [0.15, 0.2) is 6.23 Å². The summed E-state index contributed by atoms with van der Waals surface area (Å²) < 4.78 is 52.3. The van der Waals surface area contributed by atoms with Crippen molar-refractivity contribution < 1.29 is 37.4 Å². The SMILES string of the molecule is C#CC1C(n2ccc(=O)[nH]c2=O)OC(F)(COP(=O)(NC(C)C(=O)OC2CCCCC2)Oc2ccccc2)C1O. The average molecular weight is 580 g/mol. The first-order valence-corrected chi connectivity index (χ1v) is 14.4. The van der Waals surface area contributed by atoms with Crippen molar-refractivity contribution in [3.05, 3.63) is 63.4 Å². The van der Waals surface area contributed by atoms with Crippen LogP contribution in [0.3, 0.4) is 0 Å². The van der Waals surface area contributed by atoms with Gasteiger partial charge in [-0.25, -0.2) is 13.8 Å². The standard InChI is InChI=1S/C26H31FN3O9P/c1-3-20-22(32)26(27,38-23(20)30-15-14-21(31)28-25(30)34)16-36-40(35,39-19-12-8-5-9-13-19)29-17(2)24(33)37-18-10-6-4-7-11-18/h1,5,8-9,12-15,17-18,20,22-23,32H,4,6-7,10-11,16H2,2H3,(H,29,35)(H,28,31,34). The van der Waals surface area contributed by atoms with E-state index in [2.05, 4.69) is 11.0 Å². The predicted molar refractivity (Wildman–Crippen MR) is 140 cm³/mol. The molecule has 1 aromatic carbocycles. The fourth-order valence-electron chi connectivity index (χ4n) is 4.54. The Kier molecular flexibility index (Phi) is 9.28. The number of alkyl halides is 1. The number of aliphatic hydroxyl groups is 1. The number of para-hydroxylation sites is 1. The Balaban J connectivity index is 1.52. The summed E-state index contributed by atoms with van der Waals surface area (Å²) >= 11 is 0. The molecule has 2 fully saturated rings. The van der Waals surface area contributed by atoms with Gasteiger partial charge in [0.25, 0.3) is 11.4 Å². The van der Waals surface area contributed by atoms with Gasteiger partial charge in [-0.1, -0.05) is 30.5 Å². The lowest BCUT2D eigenvalue weighted by atomic mass is 9.98. The number of esters is 1. The minimum absolute atomic E-state index is 0.0890. The highest BCUT2D eigenvalue weighted by Gasteiger charge is 2.57. The summed E-state index contributed by atoms with van der Waals surface area (Å²) in [5, 5.41) is 13.2. The summed E-state index contributed by atoms with van der Waals surface area (Å²) in [7, 11) is -4.51. The zero-order chi connectivity index (χ0) is 28.9. The summed E-state index contributed by atoms with van der Waals surface area (Å²) in [4.78, 5) is 38.4. The molecule has 2 aliphatic rings. The molecule has 6 unspecified atom stereocenters. The molecule has 3 N–H and O–H groups in total. The van der Waals surface area contributed by atoms with Crippen LogP contribution in [0.2, 0.25) is 0 Å². The van der Waals surface area contributed by atoms with E-state index in [4.69, 9.17) is 24.9 Å². The maximum Gasteiger partial charge on any atom is 0.459 e. The summed E-state index contributed by atoms with van der Waals surface area (Å²) in [5.74, 6) is -2.86. The number of halogens is 1. The Labute approximate surface area is 229 Å². The lowest BCUT2D eigenvalue weighted by Crippen LogP contribution is -2.43. The number of ether oxygens (including phenoxy) is 2. The fraction of sp³-hybridized carbons (Fsp3) is 0.500. The van der Waals surface area contributed by atoms with E-state index in [1.165, 1.54) is 19.1 Å². The number of hydrogen-bond donors (Lipinski definition) is 3. The molecule has 0 spiro atoms. The second kappa shape index (κ2) is 12.5. The fourth-order valence-corrected chi connectivity index (χ4v) is 6.05. The third-order valence-corrected chi connectivity index (χ3v) is 8.29. The van der Waals surface area contributed by atoms with Gasteiger partial charge in [-0.15, -0.1) is 6.42 Å². The Morgan fingerprint density at radius 2 is 2.00 bits per heavy atom. The molecule has 1 aliphatic carbocycles. The topological polar surface area (TPSA) is 158 Å². The van der Waals surface area contributed by atoms with Gasteiger partial charge in [0.05, 0.1) is 5.92 Å². The number of aliphatic hydroxyl groups excluding tert-OH is 1. The molecule has 1 saturated heterocycles. The van der Waals surface area contributed by atoms with Crippen LogP contribution in [0.15, 0.2) is 52.2 Å². The molecule has 216 valence electrons. The van der Waals surface area contributed by atoms with E-state index >= 15 is 4.39 Å². The minimum atomic E-state index is -4.51. The summed E-state index contributed by atoms with van der Waals surface area (Å²) in [6.07, 6.45) is 7.10. The zero-order valence-corrected chi connectivity index (χ0v) is 22.6. The molecule has 6 atom stereocenters. The van der Waals surface area contributed by atoms with Crippen LogP contribution in [-0.2, 0) is 23.4 Å². The van der Waals surface area contributed by atoms with Crippen LogP contribution in [0.25, 0.3) is 0 Å². The van der Waals surface area contributed by atoms with E-state index in [0.717, 1.165) is 48.9 Å². The molecule has 0 amide bonds. The third kappa shape index (κ3) is 6.89. The van der Waals surface area contributed by atoms with Crippen LogP contribution in [0.1, 0.15) is 45.3 Å². The maximum absolute atomic E-state index is 16.0. The molecule has 1 aromatic heterocycles. The number of H-pyrrole nitrogens is 1. The van der Waals surface area contributed by atoms with Gasteiger partial charge in [-0.3, -0.25) is 23.7 Å². The van der Waals surface area contributed by atoms with E-state index < -0.39 is 61.7 Å². The molecule has 1 aliphatic heterocycles. The molecule has 1 saturated carbocycles. The summed E-state index contributed by atoms with van der Waals surface area (Å²) in [6.45, 7) is 0.233. The number of terminal acetylenes is 1. The van der Waals surface area contributed by atoms with Gasteiger partial charge in [-0.05, 0) is 44.7 Å². The van der Waals surface area contributed by atoms with Gasteiger partial charge < -0.3 is 19.1 Å². The van der Waals surface area contributed by atoms with Gasteiger partial charge in [0.1, 0.15) is 30.6 Å². The number of carbonyl (C=O) groups excluding carboxylic acids is 1. The number of benzene rings is 1. The van der Waals surface area contributed by atoms with Crippen LogP contribution in [0.5, 0.6) is 5.75 Å². The van der Waals surface area contributed by atoms with Crippen LogP contribution in [-0.4, -0.2) is 51.3 Å². The molecular weight excluding hydrogens is 548 g/mol. The Morgan fingerprint density at radius 3 is 2.65 bits per heavy atom. The van der Waals surface area contributed by atoms with Crippen molar-refractivity contribution in [2.24, 2.45) is 5.92 Å². The van der Waals surface area contributed by atoms with Crippen molar-refractivity contribution in [1.29, 1.82) is 0 Å². The normalized spacial score (nSPS) is 27.3. The third-order valence-electron chi connectivity index (χ3n) is 6.66. The average Bonchev–Trinajstić information content (AvgIpc) is 3.18. The van der Waals surface area contributed by atoms with Crippen molar-refractivity contribution in [1.82, 2.24) is 14.6 Å². The van der Waals surface area contributed by atoms with Crippen LogP contribution < -0.4 is 20.9 Å². The number of aromatic nitrogens is 2. The van der Waals surface area contributed by atoms with Crippen molar-refractivity contribution in [2.45, 2.75) is 69.4 Å². The lowest BCUT2D eigenvalue weighted by Gasteiger charge is -2.28. The lowest BCUT2D eigenvalue weighted by molar-refractivity contribution is -0.204. The predicted octanol–water partition coefficient (Wildman–Crippen LogP) is 2.40. The Bertz CT molecular complexity index is 1390. The number of nitrogens with zero attached hydrogens (tertiary/aromatic N) is 1. The highest BCUT2D eigenvalue weighted by molar-refractivity contribution is 7.52. The van der Waals surface area contributed by atoms with Gasteiger partial charge in [0, 0.05) is 12.3 Å². The molecule has 12 nitrogen and oxygen atoms in total. The summed E-state index contributed by atoms with van der Waals surface area (Å²) in [6, 6.07) is 7.67. The zero-order valence-electron chi connectivity index (χ0n) is 21.7. The smallest absolute Gasteiger partial charge is 0.459 e. The van der Waals surface area contributed by atoms with Gasteiger partial charge in [-0.2, -0.15) is 5.09 Å². The highest BCUT2D eigenvalue weighted by Crippen LogP contribution is 2.49. The summed E-state index contributed by atoms with van der Waals surface area (Å²) in [5.41, 5.74) is -1.65. The first-order chi connectivity index (χ1) is 19.0. The molecule has 40 heavy (non-hydrogen) atoms. The molecule has 2 aromatic rings. The van der Waals surface area contributed by atoms with Crippen molar-refractivity contribution in [3.63, 3.8) is 0 Å². The van der Waals surface area contributed by atoms with Crippen molar-refractivity contribution >= 4 is 13.7 Å².